The van der Waals surface area contributed by atoms with Crippen LogP contribution >= 0.6 is 12.6 Å². The van der Waals surface area contributed by atoms with Crippen molar-refractivity contribution in [2.75, 3.05) is 13.1 Å². The van der Waals surface area contributed by atoms with Gasteiger partial charge < -0.3 is 4.90 Å². The third-order valence-corrected chi connectivity index (χ3v) is 3.35. The van der Waals surface area contributed by atoms with Gasteiger partial charge in [0.05, 0.1) is 5.25 Å². The second kappa shape index (κ2) is 4.89. The molecule has 3 heteroatoms. The lowest BCUT2D eigenvalue weighted by atomic mass is 9.99. The van der Waals surface area contributed by atoms with E-state index in [0.29, 0.717) is 0 Å². The van der Waals surface area contributed by atoms with E-state index in [4.69, 9.17) is 0 Å². The summed E-state index contributed by atoms with van der Waals surface area (Å²) in [5.41, 5.74) is 0. The van der Waals surface area contributed by atoms with E-state index in [9.17, 15) is 4.79 Å². The molecule has 2 nitrogen and oxygen atoms in total. The third kappa shape index (κ3) is 2.90. The summed E-state index contributed by atoms with van der Waals surface area (Å²) in [6, 6.07) is 0. The fourth-order valence-electron chi connectivity index (χ4n) is 1.61. The van der Waals surface area contributed by atoms with E-state index in [0.717, 1.165) is 38.3 Å². The van der Waals surface area contributed by atoms with E-state index in [1.54, 1.807) is 0 Å². The first-order valence-electron chi connectivity index (χ1n) is 5.12. The summed E-state index contributed by atoms with van der Waals surface area (Å²) in [5, 5.41) is -0.0894. The summed E-state index contributed by atoms with van der Waals surface area (Å²) in [4.78, 5) is 13.6. The van der Waals surface area contributed by atoms with E-state index in [1.807, 2.05) is 11.8 Å². The van der Waals surface area contributed by atoms with Crippen molar-refractivity contribution in [3.05, 3.63) is 0 Å². The molecule has 1 saturated heterocycles. The van der Waals surface area contributed by atoms with Crippen molar-refractivity contribution in [3.8, 4) is 0 Å². The average molecular weight is 201 g/mol. The van der Waals surface area contributed by atoms with Gasteiger partial charge in [-0.15, -0.1) is 0 Å². The topological polar surface area (TPSA) is 20.3 Å². The van der Waals surface area contributed by atoms with E-state index < -0.39 is 0 Å². The highest BCUT2D eigenvalue weighted by Crippen LogP contribution is 2.18. The van der Waals surface area contributed by atoms with Crippen molar-refractivity contribution in [3.63, 3.8) is 0 Å². The van der Waals surface area contributed by atoms with Crippen LogP contribution in [0.2, 0.25) is 0 Å². The highest BCUT2D eigenvalue weighted by molar-refractivity contribution is 7.81. The van der Waals surface area contributed by atoms with Crippen LogP contribution in [0.15, 0.2) is 0 Å². The van der Waals surface area contributed by atoms with Gasteiger partial charge in [-0.05, 0) is 25.2 Å². The number of amides is 1. The number of nitrogens with zero attached hydrogens (tertiary/aromatic N) is 1. The Hall–Kier alpha value is -0.180. The Kier molecular flexibility index (Phi) is 4.10. The van der Waals surface area contributed by atoms with Gasteiger partial charge in [-0.3, -0.25) is 4.79 Å². The Morgan fingerprint density at radius 3 is 2.54 bits per heavy atom. The highest BCUT2D eigenvalue weighted by Gasteiger charge is 2.23. The predicted molar refractivity (Wildman–Crippen MR) is 58.0 cm³/mol. The van der Waals surface area contributed by atoms with Crippen LogP contribution in [0.25, 0.3) is 0 Å². The fraction of sp³-hybridized carbons (Fsp3) is 0.900. The molecule has 1 atom stereocenters. The van der Waals surface area contributed by atoms with E-state index in [2.05, 4.69) is 19.6 Å². The zero-order valence-electron chi connectivity index (χ0n) is 8.49. The van der Waals surface area contributed by atoms with Gasteiger partial charge in [-0.2, -0.15) is 12.6 Å². The predicted octanol–water partition coefficient (Wildman–Crippen LogP) is 1.95. The second-order valence-corrected chi connectivity index (χ2v) is 4.56. The summed E-state index contributed by atoms with van der Waals surface area (Å²) in [6.07, 6.45) is 3.12. The maximum absolute atomic E-state index is 11.7. The number of piperidine rings is 1. The highest BCUT2D eigenvalue weighted by atomic mass is 32.1. The number of hydrogen-bond donors (Lipinski definition) is 1. The molecule has 0 radical (unpaired) electrons. The number of thiol groups is 1. The molecule has 1 aliphatic heterocycles. The van der Waals surface area contributed by atoms with Crippen molar-refractivity contribution >= 4 is 18.5 Å². The van der Waals surface area contributed by atoms with Gasteiger partial charge in [0.15, 0.2) is 0 Å². The van der Waals surface area contributed by atoms with Crippen LogP contribution in [-0.4, -0.2) is 29.1 Å². The van der Waals surface area contributed by atoms with Crippen LogP contribution in [0.4, 0.5) is 0 Å². The minimum atomic E-state index is -0.0894. The van der Waals surface area contributed by atoms with Gasteiger partial charge >= 0.3 is 0 Å². The summed E-state index contributed by atoms with van der Waals surface area (Å²) >= 11 is 4.27. The van der Waals surface area contributed by atoms with Gasteiger partial charge in [0.1, 0.15) is 0 Å². The van der Waals surface area contributed by atoms with Gasteiger partial charge in [-0.25, -0.2) is 0 Å². The zero-order chi connectivity index (χ0) is 9.84. The van der Waals surface area contributed by atoms with Crippen molar-refractivity contribution in [2.45, 2.75) is 38.4 Å². The molecule has 1 heterocycles. The lowest BCUT2D eigenvalue weighted by Gasteiger charge is -2.31. The Bertz CT molecular complexity index is 176. The van der Waals surface area contributed by atoms with Crippen LogP contribution in [0.3, 0.4) is 0 Å². The molecule has 76 valence electrons. The number of rotatable bonds is 2. The molecule has 13 heavy (non-hydrogen) atoms. The number of likely N-dealkylation sites (tertiary alicyclic amines) is 1. The van der Waals surface area contributed by atoms with E-state index in [1.165, 1.54) is 0 Å². The Balaban J connectivity index is 2.40. The average Bonchev–Trinajstić information content (AvgIpc) is 2.17. The van der Waals surface area contributed by atoms with Gasteiger partial charge in [0.2, 0.25) is 5.91 Å². The minimum Gasteiger partial charge on any atom is -0.342 e. The molecule has 0 aromatic heterocycles. The van der Waals surface area contributed by atoms with Crippen LogP contribution in [0.5, 0.6) is 0 Å². The summed E-state index contributed by atoms with van der Waals surface area (Å²) < 4.78 is 0. The Labute approximate surface area is 86.1 Å². The normalized spacial score (nSPS) is 21.6. The summed E-state index contributed by atoms with van der Waals surface area (Å²) in [5.74, 6) is 1.00. The molecule has 1 aliphatic rings. The van der Waals surface area contributed by atoms with Crippen LogP contribution < -0.4 is 0 Å². The number of hydrogen-bond acceptors (Lipinski definition) is 2. The van der Waals surface area contributed by atoms with Crippen LogP contribution in [-0.2, 0) is 4.79 Å². The first kappa shape index (κ1) is 10.9. The molecular weight excluding hydrogens is 182 g/mol. The zero-order valence-corrected chi connectivity index (χ0v) is 9.39. The molecule has 1 rings (SSSR count). The van der Waals surface area contributed by atoms with Crippen molar-refractivity contribution in [1.29, 1.82) is 0 Å². The van der Waals surface area contributed by atoms with Gasteiger partial charge in [-0.1, -0.05) is 13.8 Å². The number of carbonyl (C=O) groups excluding carboxylic acids is 1. The lowest BCUT2D eigenvalue weighted by molar-refractivity contribution is -0.131. The molecule has 1 unspecified atom stereocenters. The standard InChI is InChI=1S/C10H19NOS/c1-3-9(13)10(12)11-6-4-8(2)5-7-11/h8-9,13H,3-7H2,1-2H3. The van der Waals surface area contributed by atoms with E-state index in [-0.39, 0.29) is 11.2 Å². The Morgan fingerprint density at radius 2 is 2.08 bits per heavy atom. The maximum Gasteiger partial charge on any atom is 0.235 e. The summed E-state index contributed by atoms with van der Waals surface area (Å²) in [6.45, 7) is 6.11. The minimum absolute atomic E-state index is 0.0894. The molecule has 0 bridgehead atoms. The van der Waals surface area contributed by atoms with Gasteiger partial charge in [0, 0.05) is 13.1 Å². The Morgan fingerprint density at radius 1 is 1.54 bits per heavy atom. The van der Waals surface area contributed by atoms with Gasteiger partial charge in [0.25, 0.3) is 0 Å². The molecule has 1 fully saturated rings. The van der Waals surface area contributed by atoms with Crippen LogP contribution in [0.1, 0.15) is 33.1 Å². The quantitative estimate of drug-likeness (QED) is 0.677. The molecule has 0 N–H and O–H groups in total. The molecule has 0 aromatic carbocycles. The molecule has 0 aromatic rings. The van der Waals surface area contributed by atoms with Crippen molar-refractivity contribution in [2.24, 2.45) is 5.92 Å². The monoisotopic (exact) mass is 201 g/mol. The van der Waals surface area contributed by atoms with Crippen molar-refractivity contribution < 1.29 is 4.79 Å². The first-order valence-corrected chi connectivity index (χ1v) is 5.63. The summed E-state index contributed by atoms with van der Waals surface area (Å²) in [7, 11) is 0. The van der Waals surface area contributed by atoms with E-state index >= 15 is 0 Å². The molecule has 0 spiro atoms. The fourth-order valence-corrected chi connectivity index (χ4v) is 1.78. The molecule has 0 aliphatic carbocycles. The number of carbonyl (C=O) groups is 1. The SMILES string of the molecule is CCC(S)C(=O)N1CCC(C)CC1. The largest absolute Gasteiger partial charge is 0.342 e. The molecule has 0 saturated carbocycles. The van der Waals surface area contributed by atoms with Crippen LogP contribution in [0, 0.1) is 5.92 Å². The smallest absolute Gasteiger partial charge is 0.235 e. The molecule has 1 amide bonds. The lowest BCUT2D eigenvalue weighted by Crippen LogP contribution is -2.41. The third-order valence-electron chi connectivity index (χ3n) is 2.77. The molecular formula is C10H19NOS. The first-order chi connectivity index (χ1) is 6.15. The van der Waals surface area contributed by atoms with Crippen molar-refractivity contribution in [1.82, 2.24) is 4.90 Å². The second-order valence-electron chi connectivity index (χ2n) is 3.93. The maximum atomic E-state index is 11.7.